The highest BCUT2D eigenvalue weighted by atomic mass is 32.1. The molecule has 0 aliphatic heterocycles. The Morgan fingerprint density at radius 1 is 1.25 bits per heavy atom. The van der Waals surface area contributed by atoms with Gasteiger partial charge in [-0.05, 0) is 50.3 Å². The summed E-state index contributed by atoms with van der Waals surface area (Å²) in [7, 11) is 0. The van der Waals surface area contributed by atoms with Crippen LogP contribution in [0.1, 0.15) is 26.0 Å². The van der Waals surface area contributed by atoms with Gasteiger partial charge in [-0.3, -0.25) is 9.67 Å². The molecule has 0 fully saturated rings. The lowest BCUT2D eigenvalue weighted by Crippen LogP contribution is -2.14. The molecule has 0 atom stereocenters. The molecule has 108 valence electrons. The van der Waals surface area contributed by atoms with Crippen molar-refractivity contribution >= 4 is 12.2 Å². The maximum absolute atomic E-state index is 13.0. The average Bonchev–Trinajstić information content (AvgIpc) is 2.81. The summed E-state index contributed by atoms with van der Waals surface area (Å²) in [6, 6.07) is 5.98. The number of hydrogen-bond donors (Lipinski definition) is 1. The van der Waals surface area contributed by atoms with Crippen molar-refractivity contribution in [3.63, 3.8) is 0 Å². The van der Waals surface area contributed by atoms with Gasteiger partial charge in [0.2, 0.25) is 6.29 Å². The summed E-state index contributed by atoms with van der Waals surface area (Å²) < 4.78 is 26.1. The SMILES string of the molecule is CCOC(OCC)c1n[nH]c(=S)n1-c1ccc(F)cc1. The molecule has 5 nitrogen and oxygen atoms in total. The van der Waals surface area contributed by atoms with Crippen molar-refractivity contribution in [3.05, 3.63) is 40.7 Å². The van der Waals surface area contributed by atoms with E-state index in [2.05, 4.69) is 10.2 Å². The second-order valence-corrected chi connectivity index (χ2v) is 4.33. The third-order valence-electron chi connectivity index (χ3n) is 2.63. The van der Waals surface area contributed by atoms with Gasteiger partial charge in [0, 0.05) is 13.2 Å². The minimum atomic E-state index is -0.622. The molecule has 0 aliphatic rings. The first-order valence-electron chi connectivity index (χ1n) is 6.33. The van der Waals surface area contributed by atoms with Crippen LogP contribution in [-0.2, 0) is 9.47 Å². The number of aromatic nitrogens is 3. The summed E-state index contributed by atoms with van der Waals surface area (Å²) in [5, 5.41) is 6.86. The molecule has 2 rings (SSSR count). The van der Waals surface area contributed by atoms with Gasteiger partial charge in [-0.1, -0.05) is 0 Å². The van der Waals surface area contributed by atoms with E-state index in [1.165, 1.54) is 12.1 Å². The summed E-state index contributed by atoms with van der Waals surface area (Å²) >= 11 is 5.22. The topological polar surface area (TPSA) is 52.1 Å². The van der Waals surface area contributed by atoms with Crippen molar-refractivity contribution in [1.82, 2.24) is 14.8 Å². The number of rotatable bonds is 6. The predicted octanol–water partition coefficient (Wildman–Crippen LogP) is 3.14. The molecule has 0 bridgehead atoms. The molecule has 1 N–H and O–H groups in total. The molecule has 0 unspecified atom stereocenters. The highest BCUT2D eigenvalue weighted by Gasteiger charge is 2.20. The molecule has 1 aromatic heterocycles. The Kier molecular flexibility index (Phi) is 4.99. The third kappa shape index (κ3) is 3.12. The summed E-state index contributed by atoms with van der Waals surface area (Å²) in [5.41, 5.74) is 0.699. The Morgan fingerprint density at radius 3 is 2.40 bits per heavy atom. The summed E-state index contributed by atoms with van der Waals surface area (Å²) in [5.74, 6) is 0.196. The fraction of sp³-hybridized carbons (Fsp3) is 0.385. The number of ether oxygens (including phenoxy) is 2. The maximum atomic E-state index is 13.0. The van der Waals surface area contributed by atoms with Crippen LogP contribution in [0.2, 0.25) is 0 Å². The number of H-pyrrole nitrogens is 1. The molecule has 0 aliphatic carbocycles. The van der Waals surface area contributed by atoms with Crippen molar-refractivity contribution in [3.8, 4) is 5.69 Å². The lowest BCUT2D eigenvalue weighted by Gasteiger charge is -2.17. The normalized spacial score (nSPS) is 11.2. The van der Waals surface area contributed by atoms with Gasteiger partial charge in [0.15, 0.2) is 10.6 Å². The molecule has 20 heavy (non-hydrogen) atoms. The van der Waals surface area contributed by atoms with Crippen LogP contribution in [0.5, 0.6) is 0 Å². The van der Waals surface area contributed by atoms with E-state index in [0.717, 1.165) is 0 Å². The number of hydrogen-bond acceptors (Lipinski definition) is 4. The van der Waals surface area contributed by atoms with E-state index in [4.69, 9.17) is 21.7 Å². The van der Waals surface area contributed by atoms with E-state index in [-0.39, 0.29) is 5.82 Å². The Hall–Kier alpha value is -1.57. The Labute approximate surface area is 121 Å². The van der Waals surface area contributed by atoms with E-state index in [0.29, 0.717) is 29.5 Å². The van der Waals surface area contributed by atoms with Crippen LogP contribution in [0.15, 0.2) is 24.3 Å². The number of benzene rings is 1. The fourth-order valence-electron chi connectivity index (χ4n) is 1.81. The lowest BCUT2D eigenvalue weighted by molar-refractivity contribution is -0.146. The smallest absolute Gasteiger partial charge is 0.219 e. The molecule has 0 spiro atoms. The molecule has 2 aromatic rings. The van der Waals surface area contributed by atoms with Crippen LogP contribution in [0.4, 0.5) is 4.39 Å². The molecule has 0 amide bonds. The van der Waals surface area contributed by atoms with Crippen molar-refractivity contribution in [2.24, 2.45) is 0 Å². The zero-order valence-electron chi connectivity index (χ0n) is 11.3. The quantitative estimate of drug-likeness (QED) is 0.657. The van der Waals surface area contributed by atoms with Crippen molar-refractivity contribution < 1.29 is 13.9 Å². The first-order valence-corrected chi connectivity index (χ1v) is 6.74. The monoisotopic (exact) mass is 297 g/mol. The van der Waals surface area contributed by atoms with E-state index in [1.54, 1.807) is 16.7 Å². The van der Waals surface area contributed by atoms with Crippen molar-refractivity contribution in [1.29, 1.82) is 0 Å². The minimum Gasteiger partial charge on any atom is -0.346 e. The molecule has 0 saturated carbocycles. The first kappa shape index (κ1) is 14.8. The van der Waals surface area contributed by atoms with E-state index in [1.807, 2.05) is 13.8 Å². The predicted molar refractivity (Wildman–Crippen MR) is 74.7 cm³/mol. The van der Waals surface area contributed by atoms with Crippen LogP contribution < -0.4 is 0 Å². The van der Waals surface area contributed by atoms with Gasteiger partial charge in [0.05, 0.1) is 5.69 Å². The number of nitrogens with one attached hydrogen (secondary N) is 1. The number of aromatic amines is 1. The van der Waals surface area contributed by atoms with Gasteiger partial charge in [-0.15, -0.1) is 0 Å². The minimum absolute atomic E-state index is 0.309. The third-order valence-corrected chi connectivity index (χ3v) is 2.90. The van der Waals surface area contributed by atoms with Gasteiger partial charge < -0.3 is 9.47 Å². The summed E-state index contributed by atoms with van der Waals surface area (Å²) in [4.78, 5) is 0. The van der Waals surface area contributed by atoms with E-state index >= 15 is 0 Å². The standard InChI is InChI=1S/C13H16FN3O2S/c1-3-18-12(19-4-2)11-15-16-13(20)17(11)10-7-5-9(14)6-8-10/h5-8,12H,3-4H2,1-2H3,(H,16,20). The molecule has 7 heteroatoms. The number of halogens is 1. The van der Waals surface area contributed by atoms with Crippen LogP contribution >= 0.6 is 12.2 Å². The van der Waals surface area contributed by atoms with Gasteiger partial charge in [0.1, 0.15) is 5.82 Å². The van der Waals surface area contributed by atoms with Gasteiger partial charge in [-0.2, -0.15) is 5.10 Å². The molecule has 0 radical (unpaired) electrons. The summed E-state index contributed by atoms with van der Waals surface area (Å²) in [6.07, 6.45) is -0.622. The lowest BCUT2D eigenvalue weighted by atomic mass is 10.3. The zero-order valence-corrected chi connectivity index (χ0v) is 12.1. The number of nitrogens with zero attached hydrogens (tertiary/aromatic N) is 2. The maximum Gasteiger partial charge on any atom is 0.219 e. The van der Waals surface area contributed by atoms with Crippen LogP contribution in [-0.4, -0.2) is 28.0 Å². The van der Waals surface area contributed by atoms with Crippen LogP contribution in [0.25, 0.3) is 5.69 Å². The molecule has 1 aromatic carbocycles. The van der Waals surface area contributed by atoms with Crippen molar-refractivity contribution in [2.75, 3.05) is 13.2 Å². The summed E-state index contributed by atoms with van der Waals surface area (Å²) in [6.45, 7) is 4.70. The van der Waals surface area contributed by atoms with Crippen LogP contribution in [0.3, 0.4) is 0 Å². The van der Waals surface area contributed by atoms with Crippen molar-refractivity contribution in [2.45, 2.75) is 20.1 Å². The van der Waals surface area contributed by atoms with Gasteiger partial charge >= 0.3 is 0 Å². The second kappa shape index (κ2) is 6.74. The molecular weight excluding hydrogens is 281 g/mol. The fourth-order valence-corrected chi connectivity index (χ4v) is 2.05. The average molecular weight is 297 g/mol. The first-order chi connectivity index (χ1) is 9.67. The molecule has 0 saturated heterocycles. The highest BCUT2D eigenvalue weighted by Crippen LogP contribution is 2.21. The largest absolute Gasteiger partial charge is 0.346 e. The van der Waals surface area contributed by atoms with Gasteiger partial charge in [0.25, 0.3) is 0 Å². The Bertz CT molecular complexity index is 603. The second-order valence-electron chi connectivity index (χ2n) is 3.94. The Balaban J connectivity index is 2.45. The Morgan fingerprint density at radius 2 is 1.85 bits per heavy atom. The molecule has 1 heterocycles. The van der Waals surface area contributed by atoms with Gasteiger partial charge in [-0.25, -0.2) is 4.39 Å². The van der Waals surface area contributed by atoms with E-state index in [9.17, 15) is 4.39 Å². The molecular formula is C13H16FN3O2S. The highest BCUT2D eigenvalue weighted by molar-refractivity contribution is 7.71. The van der Waals surface area contributed by atoms with E-state index < -0.39 is 6.29 Å². The zero-order chi connectivity index (χ0) is 14.5. The van der Waals surface area contributed by atoms with Crippen LogP contribution in [0, 0.1) is 10.6 Å².